The van der Waals surface area contributed by atoms with Crippen LogP contribution in [-0.2, 0) is 20.9 Å². The molecule has 0 heterocycles. The van der Waals surface area contributed by atoms with E-state index < -0.39 is 6.10 Å². The summed E-state index contributed by atoms with van der Waals surface area (Å²) < 4.78 is 10.0. The van der Waals surface area contributed by atoms with Crippen molar-refractivity contribution in [3.63, 3.8) is 0 Å². The molecule has 4 nitrogen and oxygen atoms in total. The Morgan fingerprint density at radius 3 is 2.89 bits per heavy atom. The molecule has 0 fully saturated rings. The fourth-order valence-corrected chi connectivity index (χ4v) is 1.77. The van der Waals surface area contributed by atoms with Gasteiger partial charge in [0.05, 0.1) is 19.3 Å². The molecule has 0 spiro atoms. The van der Waals surface area contributed by atoms with Crippen molar-refractivity contribution >= 4 is 5.97 Å². The Kier molecular flexibility index (Phi) is 7.15. The predicted octanol–water partition coefficient (Wildman–Crippen LogP) is 2.60. The van der Waals surface area contributed by atoms with Gasteiger partial charge in [-0.15, -0.1) is 0 Å². The fraction of sp³-hybridized carbons (Fsp3) is 0.533. The van der Waals surface area contributed by atoms with E-state index in [2.05, 4.69) is 0 Å². The lowest BCUT2D eigenvalue weighted by atomic mass is 10.0. The van der Waals surface area contributed by atoms with Crippen molar-refractivity contribution in [2.75, 3.05) is 13.7 Å². The SMILES string of the molecule is CCCOC(=O)CCC(O)c1cccc(COC)c1. The summed E-state index contributed by atoms with van der Waals surface area (Å²) in [5, 5.41) is 10.0. The quantitative estimate of drug-likeness (QED) is 0.735. The second kappa shape index (κ2) is 8.67. The number of hydrogen-bond donors (Lipinski definition) is 1. The van der Waals surface area contributed by atoms with E-state index >= 15 is 0 Å². The largest absolute Gasteiger partial charge is 0.466 e. The molecule has 0 radical (unpaired) electrons. The Labute approximate surface area is 114 Å². The van der Waals surface area contributed by atoms with Gasteiger partial charge in [0.15, 0.2) is 0 Å². The third-order valence-electron chi connectivity index (χ3n) is 2.74. The van der Waals surface area contributed by atoms with E-state index in [-0.39, 0.29) is 12.4 Å². The topological polar surface area (TPSA) is 55.8 Å². The van der Waals surface area contributed by atoms with Crippen LogP contribution in [0.15, 0.2) is 24.3 Å². The minimum Gasteiger partial charge on any atom is -0.466 e. The Morgan fingerprint density at radius 2 is 2.21 bits per heavy atom. The first-order valence-electron chi connectivity index (χ1n) is 6.58. The average Bonchev–Trinajstić information content (AvgIpc) is 2.43. The molecule has 0 aliphatic rings. The van der Waals surface area contributed by atoms with E-state index in [1.54, 1.807) is 7.11 Å². The summed E-state index contributed by atoms with van der Waals surface area (Å²) in [7, 11) is 1.63. The van der Waals surface area contributed by atoms with Gasteiger partial charge in [-0.2, -0.15) is 0 Å². The number of aliphatic hydroxyl groups excluding tert-OH is 1. The molecule has 0 saturated heterocycles. The van der Waals surface area contributed by atoms with Crippen molar-refractivity contribution in [2.45, 2.75) is 38.9 Å². The monoisotopic (exact) mass is 266 g/mol. The Morgan fingerprint density at radius 1 is 1.42 bits per heavy atom. The molecule has 0 aromatic heterocycles. The first-order chi connectivity index (χ1) is 9.17. The van der Waals surface area contributed by atoms with E-state index in [0.717, 1.165) is 17.5 Å². The van der Waals surface area contributed by atoms with Crippen molar-refractivity contribution in [3.05, 3.63) is 35.4 Å². The lowest BCUT2D eigenvalue weighted by Gasteiger charge is -2.12. The minimum absolute atomic E-state index is 0.232. The molecule has 1 aromatic rings. The van der Waals surface area contributed by atoms with E-state index in [0.29, 0.717) is 19.6 Å². The first-order valence-corrected chi connectivity index (χ1v) is 6.58. The van der Waals surface area contributed by atoms with Crippen molar-refractivity contribution in [1.82, 2.24) is 0 Å². The van der Waals surface area contributed by atoms with E-state index in [1.165, 1.54) is 0 Å². The zero-order valence-electron chi connectivity index (χ0n) is 11.6. The number of aliphatic hydroxyl groups is 1. The number of benzene rings is 1. The van der Waals surface area contributed by atoms with Crippen LogP contribution in [0.2, 0.25) is 0 Å². The van der Waals surface area contributed by atoms with Gasteiger partial charge in [-0.25, -0.2) is 0 Å². The third kappa shape index (κ3) is 5.85. The van der Waals surface area contributed by atoms with Gasteiger partial charge < -0.3 is 14.6 Å². The number of esters is 1. The van der Waals surface area contributed by atoms with Crippen molar-refractivity contribution < 1.29 is 19.4 Å². The molecule has 4 heteroatoms. The molecular weight excluding hydrogens is 244 g/mol. The van der Waals surface area contributed by atoms with Gasteiger partial charge in [-0.05, 0) is 24.0 Å². The van der Waals surface area contributed by atoms with E-state index in [1.807, 2.05) is 31.2 Å². The normalized spacial score (nSPS) is 12.2. The van der Waals surface area contributed by atoms with Crippen molar-refractivity contribution in [2.24, 2.45) is 0 Å². The first kappa shape index (κ1) is 15.7. The van der Waals surface area contributed by atoms with E-state index in [4.69, 9.17) is 9.47 Å². The maximum absolute atomic E-state index is 11.4. The lowest BCUT2D eigenvalue weighted by molar-refractivity contribution is -0.144. The van der Waals surface area contributed by atoms with Crippen LogP contribution in [0.3, 0.4) is 0 Å². The van der Waals surface area contributed by atoms with Crippen LogP contribution in [-0.4, -0.2) is 24.8 Å². The smallest absolute Gasteiger partial charge is 0.305 e. The molecule has 106 valence electrons. The summed E-state index contributed by atoms with van der Waals surface area (Å²) in [4.78, 5) is 11.4. The number of carbonyl (C=O) groups excluding carboxylic acids is 1. The highest BCUT2D eigenvalue weighted by Crippen LogP contribution is 2.20. The molecule has 0 aliphatic carbocycles. The van der Waals surface area contributed by atoms with Crippen LogP contribution < -0.4 is 0 Å². The van der Waals surface area contributed by atoms with Gasteiger partial charge in [-0.1, -0.05) is 31.2 Å². The number of methoxy groups -OCH3 is 1. The van der Waals surface area contributed by atoms with Crippen LogP contribution in [0.4, 0.5) is 0 Å². The third-order valence-corrected chi connectivity index (χ3v) is 2.74. The highest BCUT2D eigenvalue weighted by molar-refractivity contribution is 5.69. The highest BCUT2D eigenvalue weighted by Gasteiger charge is 2.11. The predicted molar refractivity (Wildman–Crippen MR) is 72.6 cm³/mol. The zero-order chi connectivity index (χ0) is 14.1. The van der Waals surface area contributed by atoms with Gasteiger partial charge in [0.2, 0.25) is 0 Å². The van der Waals surface area contributed by atoms with Crippen molar-refractivity contribution in [1.29, 1.82) is 0 Å². The standard InChI is InChI=1S/C15H22O4/c1-3-9-19-15(17)8-7-14(16)13-6-4-5-12(10-13)11-18-2/h4-6,10,14,16H,3,7-9,11H2,1-2H3. The molecule has 0 amide bonds. The zero-order valence-corrected chi connectivity index (χ0v) is 11.6. The number of rotatable bonds is 8. The van der Waals surface area contributed by atoms with Crippen LogP contribution in [0.1, 0.15) is 43.4 Å². The average molecular weight is 266 g/mol. The molecular formula is C15H22O4. The molecule has 0 saturated carbocycles. The Hall–Kier alpha value is -1.39. The molecule has 1 N–H and O–H groups in total. The summed E-state index contributed by atoms with van der Waals surface area (Å²) >= 11 is 0. The number of hydrogen-bond acceptors (Lipinski definition) is 4. The maximum Gasteiger partial charge on any atom is 0.305 e. The summed E-state index contributed by atoms with van der Waals surface area (Å²) in [6, 6.07) is 7.56. The molecule has 1 aromatic carbocycles. The van der Waals surface area contributed by atoms with E-state index in [9.17, 15) is 9.90 Å². The number of ether oxygens (including phenoxy) is 2. The van der Waals surface area contributed by atoms with Crippen LogP contribution in [0, 0.1) is 0 Å². The van der Waals surface area contributed by atoms with Gasteiger partial charge in [0, 0.05) is 13.5 Å². The summed E-state index contributed by atoms with van der Waals surface area (Å²) in [5.41, 5.74) is 1.81. The number of carbonyl (C=O) groups is 1. The molecule has 0 bridgehead atoms. The molecule has 1 rings (SSSR count). The summed E-state index contributed by atoms with van der Waals surface area (Å²) in [6.07, 6.45) is 0.771. The van der Waals surface area contributed by atoms with Crippen molar-refractivity contribution in [3.8, 4) is 0 Å². The van der Waals surface area contributed by atoms with Gasteiger partial charge in [0.25, 0.3) is 0 Å². The Bertz CT molecular complexity index is 389. The van der Waals surface area contributed by atoms with Gasteiger partial charge in [-0.3, -0.25) is 4.79 Å². The molecule has 19 heavy (non-hydrogen) atoms. The van der Waals surface area contributed by atoms with Crippen LogP contribution in [0.25, 0.3) is 0 Å². The lowest BCUT2D eigenvalue weighted by Crippen LogP contribution is -2.08. The second-order valence-corrected chi connectivity index (χ2v) is 4.45. The second-order valence-electron chi connectivity index (χ2n) is 4.45. The molecule has 1 atom stereocenters. The van der Waals surface area contributed by atoms with Gasteiger partial charge >= 0.3 is 5.97 Å². The highest BCUT2D eigenvalue weighted by atomic mass is 16.5. The summed E-state index contributed by atoms with van der Waals surface area (Å²) in [6.45, 7) is 2.90. The molecule has 0 aliphatic heterocycles. The maximum atomic E-state index is 11.4. The summed E-state index contributed by atoms with van der Waals surface area (Å²) in [5.74, 6) is -0.256. The minimum atomic E-state index is -0.647. The van der Waals surface area contributed by atoms with Gasteiger partial charge in [0.1, 0.15) is 0 Å². The van der Waals surface area contributed by atoms with Crippen LogP contribution in [0.5, 0.6) is 0 Å². The molecule has 1 unspecified atom stereocenters. The fourth-order valence-electron chi connectivity index (χ4n) is 1.77. The Balaban J connectivity index is 2.46. The van der Waals surface area contributed by atoms with Crippen LogP contribution >= 0.6 is 0 Å².